The Balaban J connectivity index is 0.000000276. The molecule has 146 valence electrons. The number of aliphatic imine (C=N–C) groups is 2. The van der Waals surface area contributed by atoms with Crippen molar-refractivity contribution in [3.05, 3.63) is 83.4 Å². The first-order valence-corrected chi connectivity index (χ1v) is 8.97. The second-order valence-electron chi connectivity index (χ2n) is 5.75. The molecular formula is C24H29N3O. The molecular weight excluding hydrogens is 346 g/mol. The van der Waals surface area contributed by atoms with Gasteiger partial charge in [-0.15, -0.1) is 0 Å². The van der Waals surface area contributed by atoms with Crippen LogP contribution in [0.2, 0.25) is 0 Å². The molecule has 0 atom stereocenters. The highest BCUT2D eigenvalue weighted by Gasteiger charge is 2.03. The number of nitrogens with zero attached hydrogens (tertiary/aromatic N) is 2. The van der Waals surface area contributed by atoms with E-state index in [1.54, 1.807) is 13.1 Å². The van der Waals surface area contributed by atoms with Crippen LogP contribution in [-0.2, 0) is 6.54 Å². The number of benzene rings is 2. The molecule has 1 heterocycles. The van der Waals surface area contributed by atoms with Gasteiger partial charge in [-0.2, -0.15) is 0 Å². The van der Waals surface area contributed by atoms with Crippen LogP contribution in [0, 0.1) is 0 Å². The molecule has 0 aliphatic rings. The zero-order valence-corrected chi connectivity index (χ0v) is 16.8. The first-order chi connectivity index (χ1) is 13.7. The van der Waals surface area contributed by atoms with E-state index in [0.717, 1.165) is 33.7 Å². The summed E-state index contributed by atoms with van der Waals surface area (Å²) in [6.07, 6.45) is 3.80. The molecule has 3 rings (SSSR count). The van der Waals surface area contributed by atoms with Gasteiger partial charge in [0.2, 0.25) is 0 Å². The van der Waals surface area contributed by atoms with Gasteiger partial charge >= 0.3 is 0 Å². The van der Waals surface area contributed by atoms with Crippen LogP contribution in [0.25, 0.3) is 22.6 Å². The molecule has 4 heteroatoms. The lowest BCUT2D eigenvalue weighted by Gasteiger charge is -1.91. The first kappa shape index (κ1) is 22.8. The van der Waals surface area contributed by atoms with E-state index >= 15 is 0 Å². The second kappa shape index (κ2) is 13.0. The topological polar surface area (TPSA) is 63.9 Å². The van der Waals surface area contributed by atoms with Crippen LogP contribution in [0.1, 0.15) is 12.5 Å². The van der Waals surface area contributed by atoms with Crippen LogP contribution in [0.4, 0.5) is 0 Å². The monoisotopic (exact) mass is 375 g/mol. The highest BCUT2D eigenvalue weighted by Crippen LogP contribution is 2.07. The lowest BCUT2D eigenvalue weighted by molar-refractivity contribution is 0.571. The van der Waals surface area contributed by atoms with Crippen LogP contribution >= 0.6 is 0 Å². The molecule has 0 saturated carbocycles. The number of rotatable bonds is 4. The minimum Gasteiger partial charge on any atom is -0.456 e. The van der Waals surface area contributed by atoms with Gasteiger partial charge in [0, 0.05) is 29.8 Å². The normalized spacial score (nSPS) is 11.5. The molecule has 0 saturated heterocycles. The number of hydrogen-bond acceptors (Lipinski definition) is 4. The maximum atomic E-state index is 5.81. The van der Waals surface area contributed by atoms with Crippen LogP contribution < -0.4 is 16.4 Å². The molecule has 0 spiro atoms. The third-order valence-electron chi connectivity index (χ3n) is 3.82. The summed E-state index contributed by atoms with van der Waals surface area (Å²) in [6.45, 7) is 13.4. The largest absolute Gasteiger partial charge is 0.456 e. The molecule has 0 bridgehead atoms. The predicted octanol–water partition coefficient (Wildman–Crippen LogP) is 3.73. The lowest BCUT2D eigenvalue weighted by Crippen LogP contribution is -2.25. The molecule has 3 aromatic rings. The summed E-state index contributed by atoms with van der Waals surface area (Å²) in [5, 5.41) is 2.21. The summed E-state index contributed by atoms with van der Waals surface area (Å²) in [5.74, 6) is 0. The Kier molecular flexibility index (Phi) is 10.6. The third kappa shape index (κ3) is 6.49. The molecule has 1 aromatic heterocycles. The van der Waals surface area contributed by atoms with Crippen molar-refractivity contribution in [3.63, 3.8) is 0 Å². The van der Waals surface area contributed by atoms with Gasteiger partial charge in [0.1, 0.15) is 11.0 Å². The number of furan rings is 1. The fraction of sp³-hybridized carbons (Fsp3) is 0.167. The van der Waals surface area contributed by atoms with E-state index in [1.165, 1.54) is 5.56 Å². The van der Waals surface area contributed by atoms with Gasteiger partial charge in [0.15, 0.2) is 0 Å². The molecule has 0 aliphatic carbocycles. The van der Waals surface area contributed by atoms with E-state index in [1.807, 2.05) is 61.5 Å². The first-order valence-electron chi connectivity index (χ1n) is 8.97. The van der Waals surface area contributed by atoms with E-state index < -0.39 is 0 Å². The van der Waals surface area contributed by atoms with E-state index in [9.17, 15) is 0 Å². The highest BCUT2D eigenvalue weighted by molar-refractivity contribution is 5.79. The summed E-state index contributed by atoms with van der Waals surface area (Å²) < 4.78 is 5.81. The van der Waals surface area contributed by atoms with Crippen molar-refractivity contribution in [2.45, 2.75) is 13.5 Å². The number of para-hydroxylation sites is 1. The van der Waals surface area contributed by atoms with Crippen LogP contribution in [-0.4, -0.2) is 27.0 Å². The van der Waals surface area contributed by atoms with Gasteiger partial charge < -0.3 is 15.1 Å². The third-order valence-corrected chi connectivity index (χ3v) is 3.82. The van der Waals surface area contributed by atoms with Gasteiger partial charge in [-0.3, -0.25) is 4.99 Å². The number of hydrogen-bond donors (Lipinski definition) is 1. The van der Waals surface area contributed by atoms with Crippen molar-refractivity contribution < 1.29 is 4.42 Å². The van der Waals surface area contributed by atoms with Crippen LogP contribution in [0.3, 0.4) is 0 Å². The zero-order valence-electron chi connectivity index (χ0n) is 16.8. The maximum absolute atomic E-state index is 5.81. The van der Waals surface area contributed by atoms with Crippen molar-refractivity contribution >= 4 is 36.1 Å². The van der Waals surface area contributed by atoms with Crippen molar-refractivity contribution in [1.29, 1.82) is 0 Å². The van der Waals surface area contributed by atoms with E-state index in [0.29, 0.717) is 6.54 Å². The predicted molar refractivity (Wildman–Crippen MR) is 123 cm³/mol. The van der Waals surface area contributed by atoms with E-state index in [-0.39, 0.29) is 0 Å². The molecule has 4 nitrogen and oxygen atoms in total. The van der Waals surface area contributed by atoms with Gasteiger partial charge in [0.25, 0.3) is 0 Å². The van der Waals surface area contributed by atoms with Gasteiger partial charge in [-0.1, -0.05) is 67.3 Å². The molecule has 0 radical (unpaired) electrons. The lowest BCUT2D eigenvalue weighted by atomic mass is 10.2. The Morgan fingerprint density at radius 1 is 1.07 bits per heavy atom. The van der Waals surface area contributed by atoms with Crippen molar-refractivity contribution in [1.82, 2.24) is 0 Å². The second-order valence-corrected chi connectivity index (χ2v) is 5.75. The fourth-order valence-corrected chi connectivity index (χ4v) is 2.57. The van der Waals surface area contributed by atoms with Crippen molar-refractivity contribution in [3.8, 4) is 0 Å². The number of fused-ring (bicyclic) bond motifs is 1. The fourth-order valence-electron chi connectivity index (χ4n) is 2.57. The van der Waals surface area contributed by atoms with Crippen molar-refractivity contribution in [2.75, 3.05) is 13.6 Å². The summed E-state index contributed by atoms with van der Waals surface area (Å²) in [5.41, 5.74) is 9.55. The Labute approximate surface area is 167 Å². The summed E-state index contributed by atoms with van der Waals surface area (Å²) in [4.78, 5) is 7.01. The zero-order chi connectivity index (χ0) is 20.8. The standard InChI is InChI=1S/C14H15NO.C8H9N.C2H5N/c1-3-10(9-15)14-11(4-2)12-7-5-6-8-13(12)16-14;1-9-7-8-5-3-2-4-6-8;1-3-2/h3-8H,1,9,15H2,2H3;2-6H,1,7H2;1H2,2H3/b11-4-,14-10-;;. The number of nitrogens with two attached hydrogens (primary N) is 1. The highest BCUT2D eigenvalue weighted by atomic mass is 16.3. The Hall–Kier alpha value is -3.24. The summed E-state index contributed by atoms with van der Waals surface area (Å²) >= 11 is 0. The minimum atomic E-state index is 0.435. The Morgan fingerprint density at radius 2 is 1.68 bits per heavy atom. The smallest absolute Gasteiger partial charge is 0.139 e. The van der Waals surface area contributed by atoms with Gasteiger partial charge in [-0.05, 0) is 32.0 Å². The summed E-state index contributed by atoms with van der Waals surface area (Å²) in [7, 11) is 1.64. The molecule has 0 fully saturated rings. The SMILES string of the molecule is C=C/C(CN)=c1/oc2ccccc2/c1=C/C.C=NC.C=NCc1ccccc1. The van der Waals surface area contributed by atoms with Crippen LogP contribution in [0.5, 0.6) is 0 Å². The quantitative estimate of drug-likeness (QED) is 0.706. The minimum absolute atomic E-state index is 0.435. The molecule has 2 N–H and O–H groups in total. The average molecular weight is 376 g/mol. The van der Waals surface area contributed by atoms with Crippen molar-refractivity contribution in [2.24, 2.45) is 15.7 Å². The molecule has 0 unspecified atom stereocenters. The molecule has 28 heavy (non-hydrogen) atoms. The Morgan fingerprint density at radius 3 is 2.21 bits per heavy atom. The van der Waals surface area contributed by atoms with Gasteiger partial charge in [-0.25, -0.2) is 0 Å². The molecule has 0 amide bonds. The molecule has 0 aliphatic heterocycles. The Bertz CT molecular complexity index is 1000. The van der Waals surface area contributed by atoms with Crippen LogP contribution in [0.15, 0.2) is 81.7 Å². The van der Waals surface area contributed by atoms with E-state index in [2.05, 4.69) is 36.1 Å². The average Bonchev–Trinajstić information content (AvgIpc) is 3.09. The maximum Gasteiger partial charge on any atom is 0.139 e. The summed E-state index contributed by atoms with van der Waals surface area (Å²) in [6, 6.07) is 18.0. The van der Waals surface area contributed by atoms with E-state index in [4.69, 9.17) is 10.2 Å². The van der Waals surface area contributed by atoms with Gasteiger partial charge in [0.05, 0.1) is 6.54 Å². The molecule has 2 aromatic carbocycles.